The van der Waals surface area contributed by atoms with Crippen molar-refractivity contribution in [3.8, 4) is 0 Å². The number of allylic oxidation sites excluding steroid dienone is 9. The van der Waals surface area contributed by atoms with E-state index in [1.54, 1.807) is 5.57 Å². The summed E-state index contributed by atoms with van der Waals surface area (Å²) in [5.41, 5.74) is 5.21. The Bertz CT molecular complexity index is 522. The second-order valence-corrected chi connectivity index (χ2v) is 7.21. The van der Waals surface area contributed by atoms with Gasteiger partial charge in [0, 0.05) is 0 Å². The third-order valence-corrected chi connectivity index (χ3v) is 4.92. The van der Waals surface area contributed by atoms with E-state index >= 15 is 0 Å². The van der Waals surface area contributed by atoms with Crippen LogP contribution in [0.25, 0.3) is 0 Å². The minimum atomic E-state index is 0.490. The molecule has 2 atom stereocenters. The monoisotopic (exact) mass is 310 g/mol. The van der Waals surface area contributed by atoms with Gasteiger partial charge in [-0.15, -0.1) is 6.58 Å². The summed E-state index contributed by atoms with van der Waals surface area (Å²) in [6.07, 6.45) is 15.6. The summed E-state index contributed by atoms with van der Waals surface area (Å²) in [4.78, 5) is 0. The lowest BCUT2D eigenvalue weighted by Crippen LogP contribution is -2.05. The summed E-state index contributed by atoms with van der Waals surface area (Å²) in [6.45, 7) is 21.1. The molecule has 126 valence electrons. The lowest BCUT2D eigenvalue weighted by atomic mass is 9.84. The highest BCUT2D eigenvalue weighted by atomic mass is 14.2. The predicted molar refractivity (Wildman–Crippen MR) is 105 cm³/mol. The summed E-state index contributed by atoms with van der Waals surface area (Å²) >= 11 is 0. The normalized spacial score (nSPS) is 17.6. The first kappa shape index (κ1) is 19.5. The molecule has 1 aliphatic rings. The Morgan fingerprint density at radius 1 is 1.04 bits per heavy atom. The highest BCUT2D eigenvalue weighted by Crippen LogP contribution is 2.30. The molecule has 0 heterocycles. The molecule has 0 radical (unpaired) electrons. The van der Waals surface area contributed by atoms with Crippen LogP contribution in [0.5, 0.6) is 0 Å². The average molecular weight is 311 g/mol. The van der Waals surface area contributed by atoms with Crippen molar-refractivity contribution in [2.75, 3.05) is 0 Å². The molecule has 0 amide bonds. The molecule has 0 saturated carbocycles. The maximum atomic E-state index is 4.21. The van der Waals surface area contributed by atoms with E-state index in [0.29, 0.717) is 17.8 Å². The van der Waals surface area contributed by atoms with Gasteiger partial charge in [0.1, 0.15) is 0 Å². The quantitative estimate of drug-likeness (QED) is 0.312. The second kappa shape index (κ2) is 9.55. The molecule has 0 nitrogen and oxygen atoms in total. The summed E-state index contributed by atoms with van der Waals surface area (Å²) in [7, 11) is 0. The van der Waals surface area contributed by atoms with Gasteiger partial charge in [0.25, 0.3) is 0 Å². The first-order valence-electron chi connectivity index (χ1n) is 8.93. The van der Waals surface area contributed by atoms with Crippen LogP contribution in [0.1, 0.15) is 53.4 Å². The smallest absolute Gasteiger partial charge is 0.0225 e. The van der Waals surface area contributed by atoms with Gasteiger partial charge in [0.2, 0.25) is 0 Å². The Labute approximate surface area is 144 Å². The fraction of sp³-hybridized carbons (Fsp3) is 0.478. The highest BCUT2D eigenvalue weighted by molar-refractivity contribution is 5.44. The lowest BCUT2D eigenvalue weighted by molar-refractivity contribution is 0.506. The van der Waals surface area contributed by atoms with Crippen molar-refractivity contribution in [3.05, 3.63) is 72.4 Å². The molecule has 0 saturated heterocycles. The summed E-state index contributed by atoms with van der Waals surface area (Å²) in [5, 5.41) is 0. The molecule has 0 aromatic heterocycles. The molecule has 1 rings (SSSR count). The highest BCUT2D eigenvalue weighted by Gasteiger charge is 2.14. The van der Waals surface area contributed by atoms with Crippen molar-refractivity contribution >= 4 is 0 Å². The standard InChI is InChI=1S/C23H34/c1-8-18(4)9-10-20(6)22-13-15-23(16-14-22)21(7)12-11-19(5)17(2)3/h8,11-13,15,17-18,20H,1,5,7,9-10,14,16H2,2-4,6H3/b12-11-. The van der Waals surface area contributed by atoms with E-state index in [-0.39, 0.29) is 0 Å². The van der Waals surface area contributed by atoms with E-state index in [9.17, 15) is 0 Å². The predicted octanol–water partition coefficient (Wildman–Crippen LogP) is 7.20. The molecule has 0 spiro atoms. The molecule has 0 aromatic carbocycles. The molecule has 0 aliphatic heterocycles. The number of hydrogen-bond donors (Lipinski definition) is 0. The van der Waals surface area contributed by atoms with Gasteiger partial charge in [-0.25, -0.2) is 0 Å². The van der Waals surface area contributed by atoms with Crippen LogP contribution < -0.4 is 0 Å². The molecule has 0 N–H and O–H groups in total. The second-order valence-electron chi connectivity index (χ2n) is 7.21. The molecule has 23 heavy (non-hydrogen) atoms. The van der Waals surface area contributed by atoms with Crippen molar-refractivity contribution in [1.29, 1.82) is 0 Å². The zero-order valence-corrected chi connectivity index (χ0v) is 15.6. The first-order valence-corrected chi connectivity index (χ1v) is 8.93. The Kier molecular flexibility index (Phi) is 8.09. The van der Waals surface area contributed by atoms with Crippen LogP contribution in [0.2, 0.25) is 0 Å². The van der Waals surface area contributed by atoms with Crippen molar-refractivity contribution in [2.45, 2.75) is 53.4 Å². The largest absolute Gasteiger partial charge is 0.103 e. The third-order valence-electron chi connectivity index (χ3n) is 4.92. The van der Waals surface area contributed by atoms with Crippen molar-refractivity contribution < 1.29 is 0 Å². The van der Waals surface area contributed by atoms with Crippen LogP contribution in [0.3, 0.4) is 0 Å². The van der Waals surface area contributed by atoms with Gasteiger partial charge in [-0.3, -0.25) is 0 Å². The van der Waals surface area contributed by atoms with Gasteiger partial charge in [-0.1, -0.05) is 82.4 Å². The Balaban J connectivity index is 2.61. The van der Waals surface area contributed by atoms with Gasteiger partial charge >= 0.3 is 0 Å². The molecule has 0 fully saturated rings. The maximum absolute atomic E-state index is 4.21. The van der Waals surface area contributed by atoms with Crippen LogP contribution in [0.4, 0.5) is 0 Å². The van der Waals surface area contributed by atoms with E-state index in [1.165, 1.54) is 18.4 Å². The van der Waals surface area contributed by atoms with Crippen LogP contribution >= 0.6 is 0 Å². The lowest BCUT2D eigenvalue weighted by Gasteiger charge is -2.21. The molecular formula is C23H34. The van der Waals surface area contributed by atoms with Gasteiger partial charge < -0.3 is 0 Å². The summed E-state index contributed by atoms with van der Waals surface area (Å²) in [5.74, 6) is 1.77. The zero-order chi connectivity index (χ0) is 17.4. The van der Waals surface area contributed by atoms with Gasteiger partial charge in [-0.05, 0) is 54.6 Å². The molecule has 0 heteroatoms. The van der Waals surface area contributed by atoms with E-state index in [4.69, 9.17) is 0 Å². The first-order chi connectivity index (χ1) is 10.8. The number of hydrogen-bond acceptors (Lipinski definition) is 0. The van der Waals surface area contributed by atoms with Crippen molar-refractivity contribution in [1.82, 2.24) is 0 Å². The van der Waals surface area contributed by atoms with Crippen molar-refractivity contribution in [2.24, 2.45) is 17.8 Å². The van der Waals surface area contributed by atoms with E-state index in [2.05, 4.69) is 77.8 Å². The SMILES string of the molecule is C=CC(C)CCC(C)C1=CC=C(C(=C)/C=C\C(=C)C(C)C)CC1. The topological polar surface area (TPSA) is 0 Å². The Morgan fingerprint density at radius 3 is 2.26 bits per heavy atom. The third kappa shape index (κ3) is 6.60. The van der Waals surface area contributed by atoms with Crippen LogP contribution in [-0.2, 0) is 0 Å². The fourth-order valence-electron chi connectivity index (χ4n) is 2.65. The minimum absolute atomic E-state index is 0.490. The molecule has 0 bridgehead atoms. The van der Waals surface area contributed by atoms with E-state index in [1.807, 2.05) is 0 Å². The molecular weight excluding hydrogens is 276 g/mol. The van der Waals surface area contributed by atoms with E-state index < -0.39 is 0 Å². The summed E-state index contributed by atoms with van der Waals surface area (Å²) in [6, 6.07) is 0. The zero-order valence-electron chi connectivity index (χ0n) is 15.6. The summed E-state index contributed by atoms with van der Waals surface area (Å²) < 4.78 is 0. The molecule has 1 aliphatic carbocycles. The van der Waals surface area contributed by atoms with Crippen LogP contribution in [0, 0.1) is 17.8 Å². The Hall–Kier alpha value is -1.56. The van der Waals surface area contributed by atoms with Crippen molar-refractivity contribution in [3.63, 3.8) is 0 Å². The fourth-order valence-corrected chi connectivity index (χ4v) is 2.65. The molecule has 0 aromatic rings. The maximum Gasteiger partial charge on any atom is -0.0225 e. The van der Waals surface area contributed by atoms with Gasteiger partial charge in [0.15, 0.2) is 0 Å². The van der Waals surface area contributed by atoms with Gasteiger partial charge in [-0.2, -0.15) is 0 Å². The van der Waals surface area contributed by atoms with Gasteiger partial charge in [0.05, 0.1) is 0 Å². The number of rotatable bonds is 9. The average Bonchev–Trinajstić information content (AvgIpc) is 2.56. The molecule has 2 unspecified atom stereocenters. The Morgan fingerprint density at radius 2 is 1.74 bits per heavy atom. The van der Waals surface area contributed by atoms with E-state index in [0.717, 1.165) is 24.0 Å². The van der Waals surface area contributed by atoms with Crippen LogP contribution in [-0.4, -0.2) is 0 Å². The minimum Gasteiger partial charge on any atom is -0.103 e. The van der Waals surface area contributed by atoms with Crippen LogP contribution in [0.15, 0.2) is 72.4 Å².